The lowest BCUT2D eigenvalue weighted by atomic mass is 9.57. The van der Waals surface area contributed by atoms with Crippen molar-refractivity contribution in [1.82, 2.24) is 4.98 Å². The Morgan fingerprint density at radius 2 is 1.53 bits per heavy atom. The second-order valence-corrected chi connectivity index (χ2v) is 9.06. The Bertz CT molecular complexity index is 1390. The normalized spacial score (nSPS) is 16.4. The number of benzene rings is 3. The molecule has 0 saturated heterocycles. The zero-order chi connectivity index (χ0) is 20.1. The van der Waals surface area contributed by atoms with Crippen LogP contribution in [0.4, 0.5) is 0 Å². The van der Waals surface area contributed by atoms with Gasteiger partial charge in [0.15, 0.2) is 0 Å². The van der Waals surface area contributed by atoms with E-state index in [9.17, 15) is 0 Å². The van der Waals surface area contributed by atoms with Crippen molar-refractivity contribution in [3.63, 3.8) is 0 Å². The first-order valence-corrected chi connectivity index (χ1v) is 11.0. The molecule has 3 heteroatoms. The average Bonchev–Trinajstić information content (AvgIpc) is 3.15. The molecule has 0 radical (unpaired) electrons. The Kier molecular flexibility index (Phi) is 3.99. The maximum Gasteiger partial charge on any atom is 0.136 e. The van der Waals surface area contributed by atoms with Gasteiger partial charge < -0.3 is 4.42 Å². The van der Waals surface area contributed by atoms with Gasteiger partial charge in [0.2, 0.25) is 0 Å². The van der Waals surface area contributed by atoms with Crippen LogP contribution in [-0.2, 0) is 5.31 Å². The molecule has 2 nitrogen and oxygen atoms in total. The van der Waals surface area contributed by atoms with Gasteiger partial charge in [-0.05, 0) is 64.1 Å². The second-order valence-electron chi connectivity index (χ2n) is 9.06. The molecule has 2 heterocycles. The van der Waals surface area contributed by atoms with Crippen molar-refractivity contribution in [2.45, 2.75) is 37.4 Å². The molecule has 1 aliphatic carbocycles. The molecule has 3 aromatic carbocycles. The molecule has 146 valence electrons. The van der Waals surface area contributed by atoms with Crippen molar-refractivity contribution in [3.8, 4) is 11.3 Å². The summed E-state index contributed by atoms with van der Waals surface area (Å²) in [7, 11) is 2.42. The molecular weight excluding hydrogens is 365 g/mol. The van der Waals surface area contributed by atoms with Crippen molar-refractivity contribution in [1.29, 1.82) is 0 Å². The third-order valence-corrected chi connectivity index (χ3v) is 7.05. The number of pyridine rings is 1. The van der Waals surface area contributed by atoms with Gasteiger partial charge in [0.25, 0.3) is 0 Å². The zero-order valence-corrected chi connectivity index (χ0v) is 17.3. The third-order valence-electron chi connectivity index (χ3n) is 7.05. The van der Waals surface area contributed by atoms with Crippen LogP contribution in [0, 0.1) is 0 Å². The molecule has 1 saturated carbocycles. The number of furan rings is 1. The molecule has 0 spiro atoms. The lowest BCUT2D eigenvalue weighted by Gasteiger charge is -2.34. The molecule has 0 aliphatic heterocycles. The van der Waals surface area contributed by atoms with Crippen molar-refractivity contribution < 1.29 is 4.42 Å². The van der Waals surface area contributed by atoms with Crippen molar-refractivity contribution >= 4 is 40.6 Å². The molecule has 1 aliphatic rings. The second kappa shape index (κ2) is 6.73. The molecule has 30 heavy (non-hydrogen) atoms. The smallest absolute Gasteiger partial charge is 0.136 e. The summed E-state index contributed by atoms with van der Waals surface area (Å²) in [4.78, 5) is 4.73. The van der Waals surface area contributed by atoms with Crippen molar-refractivity contribution in [3.05, 3.63) is 78.5 Å². The fourth-order valence-electron chi connectivity index (χ4n) is 5.21. The van der Waals surface area contributed by atoms with Crippen LogP contribution in [-0.4, -0.2) is 12.8 Å². The van der Waals surface area contributed by atoms with Crippen LogP contribution >= 0.6 is 0 Å². The molecule has 1 fully saturated rings. The SMILES string of the molecule is BC1(c2ccnc(-c3ccc4oc5cc6ccccc6cc5c4c3)c2)CCCCC1. The Morgan fingerprint density at radius 3 is 2.37 bits per heavy atom. The van der Waals surface area contributed by atoms with E-state index in [4.69, 9.17) is 9.40 Å². The molecule has 0 unspecified atom stereocenters. The van der Waals surface area contributed by atoms with Crippen LogP contribution in [0.25, 0.3) is 44.0 Å². The highest BCUT2D eigenvalue weighted by Gasteiger charge is 2.29. The minimum absolute atomic E-state index is 0.279. The van der Waals surface area contributed by atoms with Crippen LogP contribution in [0.15, 0.2) is 77.3 Å². The number of hydrogen-bond acceptors (Lipinski definition) is 2. The van der Waals surface area contributed by atoms with Gasteiger partial charge in [0.1, 0.15) is 19.0 Å². The molecule has 2 aromatic heterocycles. The van der Waals surface area contributed by atoms with Gasteiger partial charge in [-0.2, -0.15) is 0 Å². The summed E-state index contributed by atoms with van der Waals surface area (Å²) < 4.78 is 6.17. The Morgan fingerprint density at radius 1 is 0.767 bits per heavy atom. The summed E-state index contributed by atoms with van der Waals surface area (Å²) in [5.41, 5.74) is 5.50. The molecule has 0 N–H and O–H groups in total. The van der Waals surface area contributed by atoms with Crippen LogP contribution in [0.3, 0.4) is 0 Å². The first-order valence-electron chi connectivity index (χ1n) is 11.0. The average molecular weight is 389 g/mol. The van der Waals surface area contributed by atoms with E-state index in [0.717, 1.165) is 27.8 Å². The summed E-state index contributed by atoms with van der Waals surface area (Å²) >= 11 is 0. The lowest BCUT2D eigenvalue weighted by Crippen LogP contribution is -2.29. The lowest BCUT2D eigenvalue weighted by molar-refractivity contribution is 0.398. The summed E-state index contributed by atoms with van der Waals surface area (Å²) in [5, 5.41) is 5.05. The van der Waals surface area contributed by atoms with E-state index < -0.39 is 0 Å². The minimum atomic E-state index is 0.279. The minimum Gasteiger partial charge on any atom is -0.456 e. The van der Waals surface area contributed by atoms with E-state index in [1.54, 1.807) is 0 Å². The predicted octanol–water partition coefficient (Wildman–Crippen LogP) is 6.59. The number of fused-ring (bicyclic) bond motifs is 4. The largest absolute Gasteiger partial charge is 0.456 e. The van der Waals surface area contributed by atoms with Crippen molar-refractivity contribution in [2.75, 3.05) is 0 Å². The number of rotatable bonds is 2. The fourth-order valence-corrected chi connectivity index (χ4v) is 5.21. The highest BCUT2D eigenvalue weighted by Crippen LogP contribution is 2.38. The Balaban J connectivity index is 1.49. The Labute approximate surface area is 177 Å². The highest BCUT2D eigenvalue weighted by molar-refractivity contribution is 6.16. The van der Waals surface area contributed by atoms with Crippen LogP contribution in [0.1, 0.15) is 37.7 Å². The van der Waals surface area contributed by atoms with E-state index in [1.165, 1.54) is 53.8 Å². The van der Waals surface area contributed by atoms with Gasteiger partial charge in [-0.15, -0.1) is 0 Å². The van der Waals surface area contributed by atoms with E-state index in [1.807, 2.05) is 6.20 Å². The summed E-state index contributed by atoms with van der Waals surface area (Å²) in [6, 6.07) is 23.8. The zero-order valence-electron chi connectivity index (χ0n) is 17.3. The maximum atomic E-state index is 6.17. The number of nitrogens with zero attached hydrogens (tertiary/aromatic N) is 1. The maximum absolute atomic E-state index is 6.17. The van der Waals surface area contributed by atoms with Gasteiger partial charge in [-0.3, -0.25) is 4.98 Å². The van der Waals surface area contributed by atoms with E-state index >= 15 is 0 Å². The van der Waals surface area contributed by atoms with Gasteiger partial charge in [-0.25, -0.2) is 0 Å². The first-order chi connectivity index (χ1) is 14.7. The van der Waals surface area contributed by atoms with Gasteiger partial charge in [0.05, 0.1) is 5.69 Å². The first kappa shape index (κ1) is 17.8. The molecule has 0 amide bonds. The molecule has 5 aromatic rings. The van der Waals surface area contributed by atoms with Gasteiger partial charge in [0, 0.05) is 22.5 Å². The number of aromatic nitrogens is 1. The summed E-state index contributed by atoms with van der Waals surface area (Å²) in [6.07, 6.45) is 8.55. The molecule has 6 rings (SSSR count). The predicted molar refractivity (Wildman–Crippen MR) is 128 cm³/mol. The molecule has 0 bridgehead atoms. The van der Waals surface area contributed by atoms with E-state index in [-0.39, 0.29) is 5.31 Å². The van der Waals surface area contributed by atoms with Crippen LogP contribution in [0.2, 0.25) is 0 Å². The molecular formula is C27H24BNO. The van der Waals surface area contributed by atoms with Crippen molar-refractivity contribution in [2.24, 2.45) is 0 Å². The number of hydrogen-bond donors (Lipinski definition) is 0. The van der Waals surface area contributed by atoms with E-state index in [0.29, 0.717) is 0 Å². The Hall–Kier alpha value is -3.07. The monoisotopic (exact) mass is 389 g/mol. The highest BCUT2D eigenvalue weighted by atomic mass is 16.3. The van der Waals surface area contributed by atoms with Crippen LogP contribution in [0.5, 0.6) is 0 Å². The fraction of sp³-hybridized carbons (Fsp3) is 0.222. The summed E-state index contributed by atoms with van der Waals surface area (Å²) in [5.74, 6) is 0. The third kappa shape index (κ3) is 2.84. The standard InChI is InChI=1S/C27H24BNO/c28-27(11-4-1-5-12-27)21-10-13-29-24(17-21)20-8-9-25-22(15-20)23-14-18-6-2-3-7-19(18)16-26(23)30-25/h2-3,6-10,13-17H,1,4-5,11-12,28H2. The van der Waals surface area contributed by atoms with E-state index in [2.05, 4.69) is 74.6 Å². The quantitative estimate of drug-likeness (QED) is 0.318. The topological polar surface area (TPSA) is 26.0 Å². The molecule has 0 atom stereocenters. The van der Waals surface area contributed by atoms with Crippen LogP contribution < -0.4 is 0 Å². The van der Waals surface area contributed by atoms with Gasteiger partial charge >= 0.3 is 0 Å². The summed E-state index contributed by atoms with van der Waals surface area (Å²) in [6.45, 7) is 0. The van der Waals surface area contributed by atoms with Gasteiger partial charge in [-0.1, -0.05) is 56.4 Å².